The van der Waals surface area contributed by atoms with Gasteiger partial charge in [0, 0.05) is 6.42 Å². The second-order valence-electron chi connectivity index (χ2n) is 4.86. The topological polar surface area (TPSA) is 0 Å². The molecular weight excluding hydrogens is 172 g/mol. The van der Waals surface area contributed by atoms with Crippen LogP contribution in [0.15, 0.2) is 12.2 Å². The zero-order valence-electron chi connectivity index (χ0n) is 9.06. The normalized spacial score (nSPS) is 21.3. The van der Waals surface area contributed by atoms with Gasteiger partial charge >= 0.3 is 0 Å². The van der Waals surface area contributed by atoms with Crippen molar-refractivity contribution in [3.05, 3.63) is 12.2 Å². The lowest BCUT2D eigenvalue weighted by Gasteiger charge is -2.05. The van der Waals surface area contributed by atoms with Crippen LogP contribution in [0.1, 0.15) is 25.7 Å². The monoisotopic (exact) mass is 192 g/mol. The SMILES string of the molecule is C[Si](C)(C)C#CCCC1C=CCC1. The molecule has 13 heavy (non-hydrogen) atoms. The highest BCUT2D eigenvalue weighted by Gasteiger charge is 2.09. The van der Waals surface area contributed by atoms with Crippen LogP contribution >= 0.6 is 0 Å². The average Bonchev–Trinajstić information content (AvgIpc) is 2.48. The Morgan fingerprint density at radius 3 is 2.69 bits per heavy atom. The molecule has 0 N–H and O–H groups in total. The summed E-state index contributed by atoms with van der Waals surface area (Å²) in [5.41, 5.74) is 3.41. The van der Waals surface area contributed by atoms with E-state index in [-0.39, 0.29) is 0 Å². The van der Waals surface area contributed by atoms with Crippen molar-refractivity contribution in [3.63, 3.8) is 0 Å². The fraction of sp³-hybridized carbons (Fsp3) is 0.667. The van der Waals surface area contributed by atoms with Gasteiger partial charge in [0.05, 0.1) is 0 Å². The lowest BCUT2D eigenvalue weighted by molar-refractivity contribution is 0.590. The summed E-state index contributed by atoms with van der Waals surface area (Å²) >= 11 is 0. The first-order chi connectivity index (χ1) is 6.08. The summed E-state index contributed by atoms with van der Waals surface area (Å²) in [6.07, 6.45) is 9.67. The van der Waals surface area contributed by atoms with Crippen LogP contribution in [0.4, 0.5) is 0 Å². The minimum Gasteiger partial charge on any atom is -0.132 e. The molecule has 0 saturated heterocycles. The minimum absolute atomic E-state index is 0.830. The first-order valence-corrected chi connectivity index (χ1v) is 8.74. The van der Waals surface area contributed by atoms with Crippen LogP contribution in [-0.4, -0.2) is 8.07 Å². The molecule has 1 unspecified atom stereocenters. The highest BCUT2D eigenvalue weighted by Crippen LogP contribution is 2.21. The summed E-state index contributed by atoms with van der Waals surface area (Å²) in [7, 11) is -1.11. The van der Waals surface area contributed by atoms with Crippen molar-refractivity contribution in [3.8, 4) is 11.5 Å². The van der Waals surface area contributed by atoms with Crippen molar-refractivity contribution in [1.82, 2.24) is 0 Å². The van der Waals surface area contributed by atoms with Crippen LogP contribution in [0, 0.1) is 17.4 Å². The molecule has 0 amide bonds. The van der Waals surface area contributed by atoms with Crippen LogP contribution < -0.4 is 0 Å². The Bertz CT molecular complexity index is 234. The molecule has 1 atom stereocenters. The van der Waals surface area contributed by atoms with Crippen molar-refractivity contribution < 1.29 is 0 Å². The zero-order chi connectivity index (χ0) is 9.73. The van der Waals surface area contributed by atoms with Crippen LogP contribution in [-0.2, 0) is 0 Å². The molecule has 0 bridgehead atoms. The molecule has 0 nitrogen and oxygen atoms in total. The molecule has 0 fully saturated rings. The van der Waals surface area contributed by atoms with Gasteiger partial charge in [-0.05, 0) is 25.2 Å². The Labute approximate surface area is 83.4 Å². The maximum Gasteiger partial charge on any atom is 0.129 e. The van der Waals surface area contributed by atoms with Gasteiger partial charge in [-0.15, -0.1) is 11.5 Å². The summed E-state index contributed by atoms with van der Waals surface area (Å²) in [5, 5.41) is 0. The summed E-state index contributed by atoms with van der Waals surface area (Å²) in [5.74, 6) is 4.16. The molecule has 0 radical (unpaired) electrons. The van der Waals surface area contributed by atoms with Gasteiger partial charge in [-0.2, -0.15) is 0 Å². The Kier molecular flexibility index (Phi) is 3.81. The summed E-state index contributed by atoms with van der Waals surface area (Å²) in [6.45, 7) is 6.90. The third kappa shape index (κ3) is 4.95. The quantitative estimate of drug-likeness (QED) is 0.356. The molecule has 0 aromatic rings. The molecule has 0 aromatic carbocycles. The molecule has 0 saturated carbocycles. The van der Waals surface area contributed by atoms with E-state index in [4.69, 9.17) is 0 Å². The fourth-order valence-electron chi connectivity index (χ4n) is 1.52. The lowest BCUT2D eigenvalue weighted by Crippen LogP contribution is -2.16. The number of hydrogen-bond acceptors (Lipinski definition) is 0. The predicted octanol–water partition coefficient (Wildman–Crippen LogP) is 3.61. The number of rotatable bonds is 2. The van der Waals surface area contributed by atoms with Crippen LogP contribution in [0.25, 0.3) is 0 Å². The maximum absolute atomic E-state index is 3.41. The predicted molar refractivity (Wildman–Crippen MR) is 62.2 cm³/mol. The highest BCUT2D eigenvalue weighted by atomic mass is 28.3. The maximum atomic E-state index is 3.41. The van der Waals surface area contributed by atoms with E-state index in [1.165, 1.54) is 19.3 Å². The first-order valence-electron chi connectivity index (χ1n) is 5.24. The van der Waals surface area contributed by atoms with Crippen molar-refractivity contribution in [1.29, 1.82) is 0 Å². The molecule has 1 heteroatoms. The van der Waals surface area contributed by atoms with Gasteiger partial charge in [0.2, 0.25) is 0 Å². The molecule has 1 aliphatic rings. The number of hydrogen-bond donors (Lipinski definition) is 0. The van der Waals surface area contributed by atoms with Crippen molar-refractivity contribution in [2.75, 3.05) is 0 Å². The standard InChI is InChI=1S/C12H20Si/c1-13(2,3)11-7-6-10-12-8-4-5-9-12/h4,8,12H,5-6,9-10H2,1-3H3. The Morgan fingerprint density at radius 2 is 2.15 bits per heavy atom. The van der Waals surface area contributed by atoms with Gasteiger partial charge < -0.3 is 0 Å². The first kappa shape index (κ1) is 10.6. The van der Waals surface area contributed by atoms with Gasteiger partial charge in [-0.25, -0.2) is 0 Å². The van der Waals surface area contributed by atoms with Gasteiger partial charge in [0.1, 0.15) is 8.07 Å². The summed E-state index contributed by atoms with van der Waals surface area (Å²) < 4.78 is 0. The minimum atomic E-state index is -1.11. The van der Waals surface area contributed by atoms with Gasteiger partial charge in [0.25, 0.3) is 0 Å². The molecule has 1 rings (SSSR count). The van der Waals surface area contributed by atoms with Crippen molar-refractivity contribution in [2.45, 2.75) is 45.3 Å². The highest BCUT2D eigenvalue weighted by molar-refractivity contribution is 6.83. The van der Waals surface area contributed by atoms with Crippen LogP contribution in [0.3, 0.4) is 0 Å². The third-order valence-electron chi connectivity index (χ3n) is 2.22. The molecule has 0 heterocycles. The molecule has 0 aromatic heterocycles. The van der Waals surface area contributed by atoms with E-state index in [0.717, 1.165) is 12.3 Å². The van der Waals surface area contributed by atoms with E-state index < -0.39 is 8.07 Å². The second-order valence-corrected chi connectivity index (χ2v) is 9.61. The van der Waals surface area contributed by atoms with E-state index >= 15 is 0 Å². The largest absolute Gasteiger partial charge is 0.132 e. The molecule has 1 aliphatic carbocycles. The van der Waals surface area contributed by atoms with Gasteiger partial charge in [0.15, 0.2) is 0 Å². The smallest absolute Gasteiger partial charge is 0.129 e. The van der Waals surface area contributed by atoms with E-state index in [2.05, 4.69) is 43.3 Å². The molecule has 72 valence electrons. The Hall–Kier alpha value is -0.483. The zero-order valence-corrected chi connectivity index (χ0v) is 10.1. The molecule has 0 aliphatic heterocycles. The number of allylic oxidation sites excluding steroid dienone is 2. The second kappa shape index (κ2) is 4.67. The van der Waals surface area contributed by atoms with Crippen LogP contribution in [0.5, 0.6) is 0 Å². The third-order valence-corrected chi connectivity index (χ3v) is 3.14. The Morgan fingerprint density at radius 1 is 1.38 bits per heavy atom. The average molecular weight is 192 g/mol. The summed E-state index contributed by atoms with van der Waals surface area (Å²) in [4.78, 5) is 0. The lowest BCUT2D eigenvalue weighted by atomic mass is 10.0. The van der Waals surface area contributed by atoms with Gasteiger partial charge in [-0.1, -0.05) is 31.8 Å². The van der Waals surface area contributed by atoms with E-state index in [1.54, 1.807) is 0 Å². The van der Waals surface area contributed by atoms with Crippen molar-refractivity contribution in [2.24, 2.45) is 5.92 Å². The molecule has 0 spiro atoms. The van der Waals surface area contributed by atoms with E-state index in [9.17, 15) is 0 Å². The molecular formula is C12H20Si. The van der Waals surface area contributed by atoms with E-state index in [1.807, 2.05) is 0 Å². The van der Waals surface area contributed by atoms with Gasteiger partial charge in [-0.3, -0.25) is 0 Å². The van der Waals surface area contributed by atoms with Crippen molar-refractivity contribution >= 4 is 8.07 Å². The fourth-order valence-corrected chi connectivity index (χ4v) is 2.18. The van der Waals surface area contributed by atoms with Crippen LogP contribution in [0.2, 0.25) is 19.6 Å². The summed E-state index contributed by atoms with van der Waals surface area (Å²) in [6, 6.07) is 0. The van der Waals surface area contributed by atoms with E-state index in [0.29, 0.717) is 0 Å². The Balaban J connectivity index is 2.19.